The van der Waals surface area contributed by atoms with Crippen molar-refractivity contribution in [2.75, 3.05) is 18.0 Å². The van der Waals surface area contributed by atoms with Crippen molar-refractivity contribution in [3.63, 3.8) is 0 Å². The van der Waals surface area contributed by atoms with Gasteiger partial charge in [0, 0.05) is 18.8 Å². The third kappa shape index (κ3) is 4.66. The van der Waals surface area contributed by atoms with Crippen LogP contribution in [-0.2, 0) is 0 Å². The molecule has 1 N–H and O–H groups in total. The molecule has 2 heteroatoms. The zero-order valence-corrected chi connectivity index (χ0v) is 11.2. The topological polar surface area (TPSA) is 23.5 Å². The molecule has 3 rings (SSSR count). The quantitative estimate of drug-likeness (QED) is 0.830. The van der Waals surface area contributed by atoms with Crippen LogP contribution < -0.4 is 4.90 Å². The van der Waals surface area contributed by atoms with E-state index in [2.05, 4.69) is 35.2 Å². The summed E-state index contributed by atoms with van der Waals surface area (Å²) < 4.78 is 0. The number of benzene rings is 2. The molecule has 0 atom stereocenters. The van der Waals surface area contributed by atoms with E-state index in [-0.39, 0.29) is 0 Å². The highest BCUT2D eigenvalue weighted by molar-refractivity contribution is 5.46. The lowest BCUT2D eigenvalue weighted by Gasteiger charge is -2.28. The normalized spacial score (nSPS) is 14.4. The van der Waals surface area contributed by atoms with Crippen molar-refractivity contribution < 1.29 is 5.11 Å². The average molecular weight is 255 g/mol. The molecule has 2 aromatic carbocycles. The van der Waals surface area contributed by atoms with Crippen LogP contribution in [0, 0.1) is 0 Å². The molecule has 0 bridgehead atoms. The fraction of sp³-hybridized carbons (Fsp3) is 0.294. The van der Waals surface area contributed by atoms with E-state index in [1.54, 1.807) is 24.3 Å². The Morgan fingerprint density at radius 3 is 1.68 bits per heavy atom. The van der Waals surface area contributed by atoms with E-state index in [9.17, 15) is 0 Å². The second-order valence-electron chi connectivity index (χ2n) is 4.72. The molecule has 1 aliphatic rings. The first kappa shape index (κ1) is 13.5. The fourth-order valence-electron chi connectivity index (χ4n) is 2.22. The molecule has 0 aromatic heterocycles. The van der Waals surface area contributed by atoms with E-state index in [4.69, 9.17) is 5.11 Å². The van der Waals surface area contributed by atoms with Crippen molar-refractivity contribution in [1.82, 2.24) is 0 Å². The molecule has 1 fully saturated rings. The van der Waals surface area contributed by atoms with E-state index < -0.39 is 0 Å². The van der Waals surface area contributed by atoms with Gasteiger partial charge in [0.15, 0.2) is 0 Å². The zero-order chi connectivity index (χ0) is 13.3. The third-order valence-corrected chi connectivity index (χ3v) is 3.23. The molecule has 19 heavy (non-hydrogen) atoms. The first-order chi connectivity index (χ1) is 9.36. The zero-order valence-electron chi connectivity index (χ0n) is 11.2. The van der Waals surface area contributed by atoms with Crippen molar-refractivity contribution >= 4 is 5.69 Å². The maximum Gasteiger partial charge on any atom is 0.115 e. The van der Waals surface area contributed by atoms with E-state index >= 15 is 0 Å². The van der Waals surface area contributed by atoms with Gasteiger partial charge in [0.25, 0.3) is 0 Å². The highest BCUT2D eigenvalue weighted by Crippen LogP contribution is 2.18. The molecule has 0 radical (unpaired) electrons. The first-order valence-corrected chi connectivity index (χ1v) is 6.90. The molecule has 0 amide bonds. The van der Waals surface area contributed by atoms with Crippen LogP contribution in [-0.4, -0.2) is 18.2 Å². The molecule has 100 valence electrons. The van der Waals surface area contributed by atoms with Crippen LogP contribution >= 0.6 is 0 Å². The maximum absolute atomic E-state index is 8.63. The molecule has 1 aliphatic heterocycles. The Balaban J connectivity index is 0.000000163. The standard InChI is InChI=1S/C11H15N.C6H6O/c1-3-7-11(8-4-1)12-9-5-2-6-10-12;7-6-4-2-1-3-5-6/h1,3-4,7-8H,2,5-6,9-10H2;1-5,7H. The number of phenolic OH excluding ortho intramolecular Hbond substituents is 1. The summed E-state index contributed by atoms with van der Waals surface area (Å²) in [5.41, 5.74) is 1.39. The summed E-state index contributed by atoms with van der Waals surface area (Å²) in [4.78, 5) is 2.48. The predicted octanol–water partition coefficient (Wildman–Crippen LogP) is 4.07. The van der Waals surface area contributed by atoms with Gasteiger partial charge in [0.05, 0.1) is 0 Å². The molecule has 0 aliphatic carbocycles. The van der Waals surface area contributed by atoms with Crippen LogP contribution in [0.1, 0.15) is 19.3 Å². The molecule has 2 aromatic rings. The van der Waals surface area contributed by atoms with Crippen molar-refractivity contribution in [2.45, 2.75) is 19.3 Å². The van der Waals surface area contributed by atoms with E-state index in [1.807, 2.05) is 6.07 Å². The summed E-state index contributed by atoms with van der Waals surface area (Å²) in [7, 11) is 0. The van der Waals surface area contributed by atoms with Gasteiger partial charge in [-0.05, 0) is 43.5 Å². The lowest BCUT2D eigenvalue weighted by atomic mass is 10.1. The third-order valence-electron chi connectivity index (χ3n) is 3.23. The largest absolute Gasteiger partial charge is 0.508 e. The molecule has 0 spiro atoms. The maximum atomic E-state index is 8.63. The van der Waals surface area contributed by atoms with Crippen LogP contribution in [0.15, 0.2) is 60.7 Å². The lowest BCUT2D eigenvalue weighted by molar-refractivity contribution is 0.475. The summed E-state index contributed by atoms with van der Waals surface area (Å²) >= 11 is 0. The summed E-state index contributed by atoms with van der Waals surface area (Å²) in [5, 5.41) is 8.63. The Bertz CT molecular complexity index is 449. The predicted molar refractivity (Wildman–Crippen MR) is 80.6 cm³/mol. The summed E-state index contributed by atoms with van der Waals surface area (Å²) in [6.07, 6.45) is 4.12. The monoisotopic (exact) mass is 255 g/mol. The highest BCUT2D eigenvalue weighted by atomic mass is 16.3. The summed E-state index contributed by atoms with van der Waals surface area (Å²) in [6, 6.07) is 19.4. The van der Waals surface area contributed by atoms with Crippen LogP contribution in [0.25, 0.3) is 0 Å². The Labute approximate surface area is 115 Å². The average Bonchev–Trinajstić information content (AvgIpc) is 2.51. The molecular formula is C17H21NO. The van der Waals surface area contributed by atoms with Crippen LogP contribution in [0.5, 0.6) is 5.75 Å². The van der Waals surface area contributed by atoms with Gasteiger partial charge in [-0.1, -0.05) is 36.4 Å². The molecule has 0 saturated carbocycles. The van der Waals surface area contributed by atoms with Crippen LogP contribution in [0.2, 0.25) is 0 Å². The van der Waals surface area contributed by atoms with Gasteiger partial charge in [-0.3, -0.25) is 0 Å². The van der Waals surface area contributed by atoms with Gasteiger partial charge < -0.3 is 10.0 Å². The summed E-state index contributed by atoms with van der Waals surface area (Å²) in [6.45, 7) is 2.48. The smallest absolute Gasteiger partial charge is 0.115 e. The van der Waals surface area contributed by atoms with Gasteiger partial charge in [-0.2, -0.15) is 0 Å². The van der Waals surface area contributed by atoms with Crippen LogP contribution in [0.4, 0.5) is 5.69 Å². The SMILES string of the molecule is Oc1ccccc1.c1ccc(N2CCCCC2)cc1. The number of hydrogen-bond donors (Lipinski definition) is 1. The fourth-order valence-corrected chi connectivity index (χ4v) is 2.22. The minimum Gasteiger partial charge on any atom is -0.508 e. The van der Waals surface area contributed by atoms with Gasteiger partial charge >= 0.3 is 0 Å². The molecule has 1 saturated heterocycles. The van der Waals surface area contributed by atoms with Crippen molar-refractivity contribution in [3.05, 3.63) is 60.7 Å². The lowest BCUT2D eigenvalue weighted by Crippen LogP contribution is -2.29. The van der Waals surface area contributed by atoms with E-state index in [0.717, 1.165) is 0 Å². The minimum absolute atomic E-state index is 0.322. The molecule has 2 nitrogen and oxygen atoms in total. The molecular weight excluding hydrogens is 234 g/mol. The molecule has 0 unspecified atom stereocenters. The number of phenols is 1. The van der Waals surface area contributed by atoms with Gasteiger partial charge in [-0.25, -0.2) is 0 Å². The number of hydrogen-bond acceptors (Lipinski definition) is 2. The number of piperidine rings is 1. The Morgan fingerprint density at radius 1 is 0.684 bits per heavy atom. The van der Waals surface area contributed by atoms with Crippen LogP contribution in [0.3, 0.4) is 0 Å². The minimum atomic E-state index is 0.322. The molecule has 1 heterocycles. The first-order valence-electron chi connectivity index (χ1n) is 6.90. The second-order valence-corrected chi connectivity index (χ2v) is 4.72. The Kier molecular flexibility index (Phi) is 5.30. The van der Waals surface area contributed by atoms with Gasteiger partial charge in [0.2, 0.25) is 0 Å². The van der Waals surface area contributed by atoms with Crippen molar-refractivity contribution in [1.29, 1.82) is 0 Å². The summed E-state index contributed by atoms with van der Waals surface area (Å²) in [5.74, 6) is 0.322. The van der Waals surface area contributed by atoms with Crippen molar-refractivity contribution in [3.8, 4) is 5.75 Å². The van der Waals surface area contributed by atoms with E-state index in [1.165, 1.54) is 38.0 Å². The number of para-hydroxylation sites is 2. The highest BCUT2D eigenvalue weighted by Gasteiger charge is 2.09. The van der Waals surface area contributed by atoms with Gasteiger partial charge in [-0.15, -0.1) is 0 Å². The Morgan fingerprint density at radius 2 is 1.21 bits per heavy atom. The number of aromatic hydroxyl groups is 1. The Hall–Kier alpha value is -1.96. The number of nitrogens with zero attached hydrogens (tertiary/aromatic N) is 1. The van der Waals surface area contributed by atoms with Gasteiger partial charge in [0.1, 0.15) is 5.75 Å². The number of anilines is 1. The van der Waals surface area contributed by atoms with Crippen molar-refractivity contribution in [2.24, 2.45) is 0 Å². The number of rotatable bonds is 1. The van der Waals surface area contributed by atoms with E-state index in [0.29, 0.717) is 5.75 Å². The second kappa shape index (κ2) is 7.47.